The lowest BCUT2D eigenvalue weighted by molar-refractivity contribution is 0.243. The summed E-state index contributed by atoms with van der Waals surface area (Å²) in [6.45, 7) is 1.76. The first-order valence-corrected chi connectivity index (χ1v) is 15.5. The first-order chi connectivity index (χ1) is 18.2. The largest absolute Gasteiger partial charge is 0.287 e. The molecule has 0 atom stereocenters. The zero-order valence-electron chi connectivity index (χ0n) is 19.9. The number of nitrogens with zero attached hydrogens (tertiary/aromatic N) is 3. The number of benzene rings is 3. The lowest BCUT2D eigenvalue weighted by atomic mass is 10.2. The van der Waals surface area contributed by atoms with E-state index in [4.69, 9.17) is 38.3 Å². The van der Waals surface area contributed by atoms with Gasteiger partial charge in [-0.1, -0.05) is 59.6 Å². The van der Waals surface area contributed by atoms with Crippen LogP contribution in [-0.4, -0.2) is 23.3 Å². The van der Waals surface area contributed by atoms with E-state index in [1.54, 1.807) is 34.8 Å². The molecule has 0 aliphatic carbocycles. The maximum absolute atomic E-state index is 11.7. The van der Waals surface area contributed by atoms with Gasteiger partial charge in [-0.15, -0.1) is 22.7 Å². The van der Waals surface area contributed by atoms with Crippen molar-refractivity contribution in [2.45, 2.75) is 24.5 Å². The fraction of sp³-hybridized carbons (Fsp3) is 0.111. The lowest BCUT2D eigenvalue weighted by Crippen LogP contribution is -2.23. The van der Waals surface area contributed by atoms with Crippen LogP contribution in [0.4, 0.5) is 0 Å². The number of rotatable bonds is 9. The minimum atomic E-state index is -3.75. The highest BCUT2D eigenvalue weighted by molar-refractivity contribution is 7.89. The van der Waals surface area contributed by atoms with E-state index in [0.29, 0.717) is 29.7 Å². The Labute approximate surface area is 239 Å². The summed E-state index contributed by atoms with van der Waals surface area (Å²) >= 11 is 15.2. The molecule has 0 radical (unpaired) electrons. The SMILES string of the molecule is NS(=O)(=O)c1ccc(CN(Cc2csc(-c3ccc(Cl)cc3)n2)Cc2csc(-c3ccc(Cl)cc3)n2)cc1. The van der Waals surface area contributed by atoms with Crippen molar-refractivity contribution in [1.29, 1.82) is 0 Å². The van der Waals surface area contributed by atoms with Gasteiger partial charge in [0.2, 0.25) is 10.0 Å². The highest BCUT2D eigenvalue weighted by atomic mass is 35.5. The molecule has 5 aromatic rings. The second-order valence-electron chi connectivity index (χ2n) is 8.64. The number of halogens is 2. The Balaban J connectivity index is 1.37. The van der Waals surface area contributed by atoms with Gasteiger partial charge in [-0.3, -0.25) is 4.90 Å². The van der Waals surface area contributed by atoms with Crippen LogP contribution in [0.2, 0.25) is 10.0 Å². The number of hydrogen-bond acceptors (Lipinski definition) is 7. The molecule has 38 heavy (non-hydrogen) atoms. The summed E-state index contributed by atoms with van der Waals surface area (Å²) in [4.78, 5) is 12.0. The molecule has 2 N–H and O–H groups in total. The summed E-state index contributed by atoms with van der Waals surface area (Å²) in [5, 5.41) is 12.6. The van der Waals surface area contributed by atoms with Crippen molar-refractivity contribution in [3.05, 3.63) is 111 Å². The van der Waals surface area contributed by atoms with Gasteiger partial charge in [-0.2, -0.15) is 0 Å². The van der Waals surface area contributed by atoms with Crippen molar-refractivity contribution < 1.29 is 8.42 Å². The van der Waals surface area contributed by atoms with Crippen LogP contribution in [-0.2, 0) is 29.7 Å². The molecule has 3 aromatic carbocycles. The lowest BCUT2D eigenvalue weighted by Gasteiger charge is -2.21. The second-order valence-corrected chi connectivity index (χ2v) is 12.8. The molecule has 0 bridgehead atoms. The number of sulfonamides is 1. The monoisotopic (exact) mass is 600 g/mol. The predicted octanol–water partition coefficient (Wildman–Crippen LogP) is 7.09. The normalized spacial score (nSPS) is 11.8. The van der Waals surface area contributed by atoms with E-state index in [9.17, 15) is 8.42 Å². The van der Waals surface area contributed by atoms with Crippen LogP contribution in [0.5, 0.6) is 0 Å². The molecule has 0 unspecified atom stereocenters. The molecule has 194 valence electrons. The standard InChI is InChI=1S/C27H22Cl2N4O2S3/c28-21-7-3-19(4-8-21)26-31-23(16-36-26)14-33(13-18-1-11-25(12-2-18)38(30,34)35)15-24-17-37-27(32-24)20-5-9-22(29)10-6-20/h1-12,16-17H,13-15H2,(H2,30,34,35). The third-order valence-electron chi connectivity index (χ3n) is 5.72. The summed E-state index contributed by atoms with van der Waals surface area (Å²) in [5.74, 6) is 0. The highest BCUT2D eigenvalue weighted by Crippen LogP contribution is 2.28. The molecular formula is C27H22Cl2N4O2S3. The van der Waals surface area contributed by atoms with E-state index in [0.717, 1.165) is 38.1 Å². The highest BCUT2D eigenvalue weighted by Gasteiger charge is 2.15. The second kappa shape index (κ2) is 11.6. The summed E-state index contributed by atoms with van der Waals surface area (Å²) in [7, 11) is -3.75. The van der Waals surface area contributed by atoms with E-state index in [1.807, 2.05) is 48.5 Å². The van der Waals surface area contributed by atoms with Gasteiger partial charge in [0.25, 0.3) is 0 Å². The maximum atomic E-state index is 11.7. The number of primary sulfonamides is 1. The molecule has 0 fully saturated rings. The molecule has 0 saturated carbocycles. The van der Waals surface area contributed by atoms with Crippen LogP contribution in [0, 0.1) is 0 Å². The Bertz CT molecular complexity index is 1550. The van der Waals surface area contributed by atoms with Gasteiger partial charge in [-0.05, 0) is 42.0 Å². The van der Waals surface area contributed by atoms with Crippen molar-refractivity contribution in [2.75, 3.05) is 0 Å². The van der Waals surface area contributed by atoms with Gasteiger partial charge < -0.3 is 0 Å². The van der Waals surface area contributed by atoms with E-state index < -0.39 is 10.0 Å². The molecule has 0 spiro atoms. The molecule has 6 nitrogen and oxygen atoms in total. The van der Waals surface area contributed by atoms with Gasteiger partial charge in [-0.25, -0.2) is 23.5 Å². The molecule has 0 saturated heterocycles. The van der Waals surface area contributed by atoms with Gasteiger partial charge in [0.1, 0.15) is 10.0 Å². The smallest absolute Gasteiger partial charge is 0.238 e. The minimum Gasteiger partial charge on any atom is -0.287 e. The molecule has 0 aliphatic rings. The fourth-order valence-corrected chi connectivity index (χ4v) is 6.28. The number of nitrogens with two attached hydrogens (primary N) is 1. The summed E-state index contributed by atoms with van der Waals surface area (Å²) in [6.07, 6.45) is 0. The molecular weight excluding hydrogens is 579 g/mol. The van der Waals surface area contributed by atoms with Crippen LogP contribution in [0.25, 0.3) is 21.1 Å². The van der Waals surface area contributed by atoms with Crippen LogP contribution < -0.4 is 5.14 Å². The Hall–Kier alpha value is -2.63. The van der Waals surface area contributed by atoms with E-state index in [1.165, 1.54) is 12.1 Å². The maximum Gasteiger partial charge on any atom is 0.238 e. The Morgan fingerprint density at radius 3 is 1.55 bits per heavy atom. The quantitative estimate of drug-likeness (QED) is 0.195. The van der Waals surface area contributed by atoms with Crippen molar-refractivity contribution in [3.63, 3.8) is 0 Å². The third-order valence-corrected chi connectivity index (χ3v) is 9.03. The van der Waals surface area contributed by atoms with Crippen LogP contribution in [0.15, 0.2) is 88.5 Å². The fourth-order valence-electron chi connectivity index (χ4n) is 3.88. The van der Waals surface area contributed by atoms with Crippen molar-refractivity contribution >= 4 is 55.9 Å². The van der Waals surface area contributed by atoms with Crippen molar-refractivity contribution in [1.82, 2.24) is 14.9 Å². The Kier molecular flexibility index (Phi) is 8.25. The third kappa shape index (κ3) is 6.86. The average Bonchev–Trinajstić information content (AvgIpc) is 3.55. The van der Waals surface area contributed by atoms with Gasteiger partial charge in [0.15, 0.2) is 0 Å². The van der Waals surface area contributed by atoms with Crippen molar-refractivity contribution in [3.8, 4) is 21.1 Å². The molecule has 2 aromatic heterocycles. The number of aromatic nitrogens is 2. The molecule has 2 heterocycles. The average molecular weight is 602 g/mol. The van der Waals surface area contributed by atoms with E-state index in [-0.39, 0.29) is 4.90 Å². The first kappa shape index (κ1) is 27.0. The minimum absolute atomic E-state index is 0.0898. The van der Waals surface area contributed by atoms with Gasteiger partial charge >= 0.3 is 0 Å². The number of thiazole rings is 2. The topological polar surface area (TPSA) is 89.2 Å². The van der Waals surface area contributed by atoms with Gasteiger partial charge in [0, 0.05) is 51.6 Å². The summed E-state index contributed by atoms with van der Waals surface area (Å²) in [5.41, 5.74) is 4.87. The van der Waals surface area contributed by atoms with Crippen LogP contribution >= 0.6 is 45.9 Å². The van der Waals surface area contributed by atoms with Crippen LogP contribution in [0.3, 0.4) is 0 Å². The zero-order valence-corrected chi connectivity index (χ0v) is 23.9. The Morgan fingerprint density at radius 2 is 1.13 bits per heavy atom. The zero-order chi connectivity index (χ0) is 26.7. The first-order valence-electron chi connectivity index (χ1n) is 11.5. The number of hydrogen-bond donors (Lipinski definition) is 1. The van der Waals surface area contributed by atoms with E-state index in [2.05, 4.69) is 15.7 Å². The van der Waals surface area contributed by atoms with Gasteiger partial charge in [0.05, 0.1) is 16.3 Å². The molecule has 0 amide bonds. The van der Waals surface area contributed by atoms with E-state index >= 15 is 0 Å². The summed E-state index contributed by atoms with van der Waals surface area (Å²) < 4.78 is 23.3. The van der Waals surface area contributed by atoms with Crippen LogP contribution in [0.1, 0.15) is 17.0 Å². The molecule has 11 heteroatoms. The molecule has 5 rings (SSSR count). The summed E-state index contributed by atoms with van der Waals surface area (Å²) in [6, 6.07) is 21.9. The predicted molar refractivity (Wildman–Crippen MR) is 156 cm³/mol. The van der Waals surface area contributed by atoms with Crippen molar-refractivity contribution in [2.24, 2.45) is 5.14 Å². The molecule has 0 aliphatic heterocycles. The Morgan fingerprint density at radius 1 is 0.684 bits per heavy atom.